The third-order valence-corrected chi connectivity index (χ3v) is 7.52. The highest BCUT2D eigenvalue weighted by Crippen LogP contribution is 2.32. The van der Waals surface area contributed by atoms with E-state index in [1.807, 2.05) is 17.0 Å². The molecule has 9 heteroatoms. The number of rotatable bonds is 6. The Hall–Kier alpha value is -2.78. The van der Waals surface area contributed by atoms with E-state index in [2.05, 4.69) is 4.72 Å². The van der Waals surface area contributed by atoms with Crippen LogP contribution >= 0.6 is 11.3 Å². The van der Waals surface area contributed by atoms with Crippen LogP contribution in [0.5, 0.6) is 11.5 Å². The minimum absolute atomic E-state index is 0.0427. The number of carbonyl (C=O) groups is 1. The Labute approximate surface area is 179 Å². The summed E-state index contributed by atoms with van der Waals surface area (Å²) in [7, 11) is -0.879. The fourth-order valence-electron chi connectivity index (χ4n) is 3.49. The monoisotopic (exact) mass is 446 g/mol. The van der Waals surface area contributed by atoms with Crippen LogP contribution in [0.2, 0.25) is 0 Å². The molecule has 0 saturated carbocycles. The summed E-state index contributed by atoms with van der Waals surface area (Å²) in [5.74, 6) is 0.825. The maximum Gasteiger partial charge on any atom is 0.263 e. The number of methoxy groups -OCH3 is 2. The number of benzene rings is 2. The molecule has 0 radical (unpaired) electrons. The summed E-state index contributed by atoms with van der Waals surface area (Å²) in [6, 6.07) is 11.5. The molecule has 1 aliphatic heterocycles. The molecular formula is C21H22N2O5S2. The zero-order valence-electron chi connectivity index (χ0n) is 16.7. The van der Waals surface area contributed by atoms with E-state index in [1.165, 1.54) is 37.7 Å². The Morgan fingerprint density at radius 1 is 1.00 bits per heavy atom. The maximum absolute atomic E-state index is 12.8. The van der Waals surface area contributed by atoms with Crippen LogP contribution in [0.4, 0.5) is 5.69 Å². The number of sulfonamides is 1. The maximum atomic E-state index is 12.8. The fourth-order valence-corrected chi connectivity index (χ4v) is 5.56. The Bertz CT molecular complexity index is 1200. The summed E-state index contributed by atoms with van der Waals surface area (Å²) in [6.07, 6.45) is 2.08. The van der Waals surface area contributed by atoms with Crippen LogP contribution in [-0.2, 0) is 10.0 Å². The number of ether oxygens (including phenoxy) is 2. The lowest BCUT2D eigenvalue weighted by Crippen LogP contribution is -2.26. The second kappa shape index (κ2) is 8.16. The van der Waals surface area contributed by atoms with E-state index in [0.29, 0.717) is 22.1 Å². The predicted octanol–water partition coefficient (Wildman–Crippen LogP) is 3.96. The quantitative estimate of drug-likeness (QED) is 0.620. The number of fused-ring (bicyclic) bond motifs is 1. The number of nitrogens with one attached hydrogen (secondary N) is 1. The summed E-state index contributed by atoms with van der Waals surface area (Å²) in [5.41, 5.74) is 0.426. The standard InChI is InChI=1S/C21H22N2O5S2/c1-27-17-7-6-16(13-18(17)28-2)30(25,26)22-15-5-8-19-14(11-15)12-20(29-19)21(24)23-9-3-4-10-23/h5-8,11-13,22H,3-4,9-10H2,1-2H3. The van der Waals surface area contributed by atoms with E-state index in [0.717, 1.165) is 36.0 Å². The zero-order valence-corrected chi connectivity index (χ0v) is 18.3. The van der Waals surface area contributed by atoms with Crippen molar-refractivity contribution in [2.75, 3.05) is 32.0 Å². The first kappa shape index (κ1) is 20.5. The highest BCUT2D eigenvalue weighted by atomic mass is 32.2. The third-order valence-electron chi connectivity index (χ3n) is 5.04. The molecule has 0 unspecified atom stereocenters. The molecule has 1 amide bonds. The summed E-state index contributed by atoms with van der Waals surface area (Å²) in [5, 5.41) is 0.829. The lowest BCUT2D eigenvalue weighted by molar-refractivity contribution is 0.0797. The number of likely N-dealkylation sites (tertiary alicyclic amines) is 1. The zero-order chi connectivity index (χ0) is 21.3. The van der Waals surface area contributed by atoms with Crippen LogP contribution in [-0.4, -0.2) is 46.5 Å². The molecule has 1 aromatic heterocycles. The Morgan fingerprint density at radius 2 is 1.73 bits per heavy atom. The Kier molecular flexibility index (Phi) is 5.57. The van der Waals surface area contributed by atoms with Gasteiger partial charge in [-0.25, -0.2) is 8.42 Å². The van der Waals surface area contributed by atoms with Gasteiger partial charge in [0.15, 0.2) is 11.5 Å². The van der Waals surface area contributed by atoms with Crippen molar-refractivity contribution < 1.29 is 22.7 Å². The Morgan fingerprint density at radius 3 is 2.43 bits per heavy atom. The molecule has 1 fully saturated rings. The highest BCUT2D eigenvalue weighted by Gasteiger charge is 2.22. The molecule has 0 bridgehead atoms. The molecule has 2 heterocycles. The minimum Gasteiger partial charge on any atom is -0.493 e. The SMILES string of the molecule is COc1ccc(S(=O)(=O)Nc2ccc3sc(C(=O)N4CCCC4)cc3c2)cc1OC. The van der Waals surface area contributed by atoms with Crippen molar-refractivity contribution in [3.8, 4) is 11.5 Å². The lowest BCUT2D eigenvalue weighted by Gasteiger charge is -2.13. The predicted molar refractivity (Wildman–Crippen MR) is 117 cm³/mol. The first-order valence-corrected chi connectivity index (χ1v) is 11.8. The highest BCUT2D eigenvalue weighted by molar-refractivity contribution is 7.92. The van der Waals surface area contributed by atoms with Crippen LogP contribution in [0.15, 0.2) is 47.4 Å². The van der Waals surface area contributed by atoms with Gasteiger partial charge in [0.05, 0.1) is 24.0 Å². The molecule has 4 rings (SSSR count). The van der Waals surface area contributed by atoms with Crippen molar-refractivity contribution >= 4 is 43.0 Å². The average molecular weight is 447 g/mol. The van der Waals surface area contributed by atoms with Crippen molar-refractivity contribution in [3.63, 3.8) is 0 Å². The number of hydrogen-bond acceptors (Lipinski definition) is 6. The summed E-state index contributed by atoms with van der Waals surface area (Å²) < 4.78 is 39.5. The number of carbonyl (C=O) groups excluding carboxylic acids is 1. The van der Waals surface area contributed by atoms with Crippen LogP contribution < -0.4 is 14.2 Å². The first-order chi connectivity index (χ1) is 14.4. The minimum atomic E-state index is -3.82. The number of nitrogens with zero attached hydrogens (tertiary/aromatic N) is 1. The van der Waals surface area contributed by atoms with Crippen molar-refractivity contribution in [1.82, 2.24) is 4.90 Å². The number of thiophene rings is 1. The van der Waals surface area contributed by atoms with Crippen molar-refractivity contribution in [2.24, 2.45) is 0 Å². The van der Waals surface area contributed by atoms with Gasteiger partial charge in [0.2, 0.25) is 0 Å². The largest absolute Gasteiger partial charge is 0.493 e. The van der Waals surface area contributed by atoms with E-state index < -0.39 is 10.0 Å². The van der Waals surface area contributed by atoms with E-state index in [4.69, 9.17) is 9.47 Å². The van der Waals surface area contributed by atoms with Crippen LogP contribution in [0.25, 0.3) is 10.1 Å². The molecule has 0 spiro atoms. The van der Waals surface area contributed by atoms with Gasteiger partial charge >= 0.3 is 0 Å². The van der Waals surface area contributed by atoms with Gasteiger partial charge in [-0.1, -0.05) is 0 Å². The van der Waals surface area contributed by atoms with E-state index >= 15 is 0 Å². The summed E-state index contributed by atoms with van der Waals surface area (Å²) in [4.78, 5) is 15.2. The molecule has 0 aliphatic carbocycles. The topological polar surface area (TPSA) is 84.9 Å². The van der Waals surface area contributed by atoms with E-state index in [-0.39, 0.29) is 10.8 Å². The summed E-state index contributed by atoms with van der Waals surface area (Å²) >= 11 is 1.43. The van der Waals surface area contributed by atoms with Gasteiger partial charge in [-0.2, -0.15) is 0 Å². The molecule has 7 nitrogen and oxygen atoms in total. The van der Waals surface area contributed by atoms with Crippen LogP contribution in [0.1, 0.15) is 22.5 Å². The van der Waals surface area contributed by atoms with Crippen molar-refractivity contribution in [2.45, 2.75) is 17.7 Å². The molecule has 1 N–H and O–H groups in total. The number of amides is 1. The molecular weight excluding hydrogens is 424 g/mol. The fraction of sp³-hybridized carbons (Fsp3) is 0.286. The molecule has 2 aromatic carbocycles. The van der Waals surface area contributed by atoms with Gasteiger partial charge in [-0.15, -0.1) is 11.3 Å². The normalized spacial score (nSPS) is 14.1. The van der Waals surface area contributed by atoms with Gasteiger partial charge < -0.3 is 14.4 Å². The van der Waals surface area contributed by atoms with Crippen molar-refractivity contribution in [1.29, 1.82) is 0 Å². The van der Waals surface area contributed by atoms with Gasteiger partial charge in [0.1, 0.15) is 0 Å². The lowest BCUT2D eigenvalue weighted by atomic mass is 10.2. The van der Waals surface area contributed by atoms with Gasteiger partial charge in [-0.3, -0.25) is 9.52 Å². The molecule has 158 valence electrons. The van der Waals surface area contributed by atoms with Gasteiger partial charge in [0.25, 0.3) is 15.9 Å². The van der Waals surface area contributed by atoms with Gasteiger partial charge in [0, 0.05) is 29.5 Å². The van der Waals surface area contributed by atoms with Gasteiger partial charge in [-0.05, 0) is 54.6 Å². The molecule has 1 aliphatic rings. The second-order valence-electron chi connectivity index (χ2n) is 6.98. The summed E-state index contributed by atoms with van der Waals surface area (Å²) in [6.45, 7) is 1.59. The van der Waals surface area contributed by atoms with Crippen LogP contribution in [0.3, 0.4) is 0 Å². The molecule has 0 atom stereocenters. The number of anilines is 1. The molecule has 3 aromatic rings. The second-order valence-corrected chi connectivity index (χ2v) is 9.75. The smallest absolute Gasteiger partial charge is 0.263 e. The third kappa shape index (κ3) is 3.95. The van der Waals surface area contributed by atoms with Crippen molar-refractivity contribution in [3.05, 3.63) is 47.3 Å². The Balaban J connectivity index is 1.59. The number of hydrogen-bond donors (Lipinski definition) is 1. The van der Waals surface area contributed by atoms with E-state index in [1.54, 1.807) is 18.2 Å². The van der Waals surface area contributed by atoms with E-state index in [9.17, 15) is 13.2 Å². The molecule has 30 heavy (non-hydrogen) atoms. The average Bonchev–Trinajstić information content (AvgIpc) is 3.42. The molecule has 1 saturated heterocycles. The van der Waals surface area contributed by atoms with Crippen LogP contribution in [0, 0.1) is 0 Å². The first-order valence-electron chi connectivity index (χ1n) is 9.49.